The minimum Gasteiger partial charge on any atom is -0.385 e. The molecule has 0 spiro atoms. The second-order valence-electron chi connectivity index (χ2n) is 5.49. The Morgan fingerprint density at radius 1 is 1.38 bits per heavy atom. The Balaban J connectivity index is 2.34. The minimum absolute atomic E-state index is 0.0590. The first-order valence-electron chi connectivity index (χ1n) is 7.72. The molecule has 0 unspecified atom stereocenters. The zero-order chi connectivity index (χ0) is 15.7. The third-order valence-electron chi connectivity index (χ3n) is 3.54. The highest BCUT2D eigenvalue weighted by molar-refractivity contribution is 5.99. The summed E-state index contributed by atoms with van der Waals surface area (Å²) in [5.74, 6) is -0.0590. The van der Waals surface area contributed by atoms with Crippen LogP contribution in [0.1, 0.15) is 44.0 Å². The van der Waals surface area contributed by atoms with Crippen LogP contribution >= 0.6 is 0 Å². The lowest BCUT2D eigenvalue weighted by Gasteiger charge is -2.20. The molecule has 0 aromatic carbocycles. The predicted octanol–water partition coefficient (Wildman–Crippen LogP) is 2.36. The summed E-state index contributed by atoms with van der Waals surface area (Å²) in [7, 11) is 2.13. The maximum Gasteiger partial charge on any atom is 0.254 e. The van der Waals surface area contributed by atoms with Gasteiger partial charge < -0.3 is 15.5 Å². The van der Waals surface area contributed by atoms with Crippen molar-refractivity contribution in [2.45, 2.75) is 39.7 Å². The van der Waals surface area contributed by atoms with Gasteiger partial charge in [0.25, 0.3) is 5.91 Å². The number of amides is 1. The van der Waals surface area contributed by atoms with Gasteiger partial charge in [-0.25, -0.2) is 0 Å². The van der Waals surface area contributed by atoms with Crippen LogP contribution in [0.4, 0.5) is 5.69 Å². The van der Waals surface area contributed by atoms with Gasteiger partial charge >= 0.3 is 0 Å². The number of rotatable bonds is 9. The summed E-state index contributed by atoms with van der Waals surface area (Å²) in [5.41, 5.74) is 1.45. The van der Waals surface area contributed by atoms with Crippen LogP contribution in [-0.2, 0) is 0 Å². The van der Waals surface area contributed by atoms with Crippen molar-refractivity contribution >= 4 is 11.6 Å². The summed E-state index contributed by atoms with van der Waals surface area (Å²) >= 11 is 0. The summed E-state index contributed by atoms with van der Waals surface area (Å²) in [6, 6.07) is 2.40. The topological polar surface area (TPSA) is 57.3 Å². The van der Waals surface area contributed by atoms with Gasteiger partial charge in [-0.3, -0.25) is 9.78 Å². The second-order valence-corrected chi connectivity index (χ2v) is 5.49. The normalized spacial score (nSPS) is 11.0. The smallest absolute Gasteiger partial charge is 0.254 e. The van der Waals surface area contributed by atoms with Crippen LogP contribution < -0.4 is 10.6 Å². The molecule has 5 heteroatoms. The van der Waals surface area contributed by atoms with E-state index < -0.39 is 0 Å². The van der Waals surface area contributed by atoms with Crippen LogP contribution in [-0.4, -0.2) is 48.5 Å². The molecule has 0 radical (unpaired) electrons. The number of unbranched alkanes of at least 4 members (excludes halogenated alkanes) is 1. The highest BCUT2D eigenvalue weighted by Crippen LogP contribution is 2.12. The van der Waals surface area contributed by atoms with Gasteiger partial charge in [0.15, 0.2) is 0 Å². The summed E-state index contributed by atoms with van der Waals surface area (Å²) in [6.07, 6.45) is 5.37. The Labute approximate surface area is 128 Å². The van der Waals surface area contributed by atoms with E-state index in [9.17, 15) is 4.79 Å². The molecule has 0 saturated carbocycles. The van der Waals surface area contributed by atoms with Crippen molar-refractivity contribution in [2.24, 2.45) is 0 Å². The molecule has 1 aromatic rings. The lowest BCUT2D eigenvalue weighted by Crippen LogP contribution is -2.29. The molecule has 0 bridgehead atoms. The van der Waals surface area contributed by atoms with E-state index in [1.165, 1.54) is 0 Å². The number of carbonyl (C=O) groups excluding carboxylic acids is 1. The summed E-state index contributed by atoms with van der Waals surface area (Å²) in [5, 5.41) is 6.14. The van der Waals surface area contributed by atoms with Crippen LogP contribution in [0.5, 0.6) is 0 Å². The summed E-state index contributed by atoms with van der Waals surface area (Å²) < 4.78 is 0. The van der Waals surface area contributed by atoms with Gasteiger partial charge in [-0.15, -0.1) is 0 Å². The van der Waals surface area contributed by atoms with Gasteiger partial charge in [-0.05, 0) is 53.3 Å². The van der Waals surface area contributed by atoms with Crippen molar-refractivity contribution in [1.82, 2.24) is 15.2 Å². The van der Waals surface area contributed by atoms with E-state index >= 15 is 0 Å². The molecule has 0 fully saturated rings. The first-order valence-corrected chi connectivity index (χ1v) is 7.72. The average molecular weight is 292 g/mol. The molecule has 0 atom stereocenters. The number of nitrogens with one attached hydrogen (secondary N) is 2. The highest BCUT2D eigenvalue weighted by atomic mass is 16.1. The number of anilines is 1. The van der Waals surface area contributed by atoms with Crippen molar-refractivity contribution in [3.05, 3.63) is 24.0 Å². The van der Waals surface area contributed by atoms with Gasteiger partial charge in [-0.2, -0.15) is 0 Å². The van der Waals surface area contributed by atoms with Crippen molar-refractivity contribution in [2.75, 3.05) is 32.0 Å². The maximum absolute atomic E-state index is 12.1. The van der Waals surface area contributed by atoms with Gasteiger partial charge in [-0.1, -0.05) is 0 Å². The molecule has 2 N–H and O–H groups in total. The first kappa shape index (κ1) is 17.4. The Hall–Kier alpha value is -1.62. The van der Waals surface area contributed by atoms with E-state index in [1.807, 2.05) is 13.0 Å². The van der Waals surface area contributed by atoms with Crippen molar-refractivity contribution in [3.8, 4) is 0 Å². The average Bonchev–Trinajstić information content (AvgIpc) is 2.47. The highest BCUT2D eigenvalue weighted by Gasteiger charge is 2.10. The van der Waals surface area contributed by atoms with E-state index in [0.29, 0.717) is 18.2 Å². The van der Waals surface area contributed by atoms with Crippen molar-refractivity contribution in [3.63, 3.8) is 0 Å². The van der Waals surface area contributed by atoms with Crippen molar-refractivity contribution in [1.29, 1.82) is 0 Å². The number of aromatic nitrogens is 1. The Morgan fingerprint density at radius 3 is 2.81 bits per heavy atom. The Bertz CT molecular complexity index is 434. The molecule has 1 amide bonds. The van der Waals surface area contributed by atoms with Crippen LogP contribution in [0.15, 0.2) is 18.5 Å². The van der Waals surface area contributed by atoms with Crippen LogP contribution in [0.2, 0.25) is 0 Å². The third-order valence-corrected chi connectivity index (χ3v) is 3.54. The van der Waals surface area contributed by atoms with Crippen LogP contribution in [0.3, 0.4) is 0 Å². The zero-order valence-corrected chi connectivity index (χ0v) is 13.6. The molecule has 21 heavy (non-hydrogen) atoms. The van der Waals surface area contributed by atoms with E-state index in [0.717, 1.165) is 31.6 Å². The third kappa shape index (κ3) is 6.12. The van der Waals surface area contributed by atoms with Crippen LogP contribution in [0.25, 0.3) is 0 Å². The molecule has 0 aliphatic carbocycles. The molecular formula is C16H28N4O. The molecule has 0 aliphatic heterocycles. The van der Waals surface area contributed by atoms with E-state index in [1.54, 1.807) is 12.4 Å². The lowest BCUT2D eigenvalue weighted by atomic mass is 10.2. The lowest BCUT2D eigenvalue weighted by molar-refractivity contribution is 0.0953. The van der Waals surface area contributed by atoms with Gasteiger partial charge in [0, 0.05) is 31.5 Å². The maximum atomic E-state index is 12.1. The Kier molecular flexibility index (Phi) is 7.75. The van der Waals surface area contributed by atoms with Crippen molar-refractivity contribution < 1.29 is 4.79 Å². The predicted molar refractivity (Wildman–Crippen MR) is 87.7 cm³/mol. The summed E-state index contributed by atoms with van der Waals surface area (Å²) in [4.78, 5) is 18.5. The number of pyridine rings is 1. The molecule has 1 aromatic heterocycles. The number of hydrogen-bond donors (Lipinski definition) is 2. The fraction of sp³-hybridized carbons (Fsp3) is 0.625. The van der Waals surface area contributed by atoms with E-state index in [-0.39, 0.29) is 5.91 Å². The second kappa shape index (κ2) is 9.34. The SMILES string of the molecule is CCNc1ccncc1C(=O)NCCCCN(C)C(C)C. The molecular weight excluding hydrogens is 264 g/mol. The fourth-order valence-electron chi connectivity index (χ4n) is 1.96. The van der Waals surface area contributed by atoms with Gasteiger partial charge in [0.1, 0.15) is 0 Å². The van der Waals surface area contributed by atoms with Crippen LogP contribution in [0, 0.1) is 0 Å². The van der Waals surface area contributed by atoms with Gasteiger partial charge in [0.2, 0.25) is 0 Å². The largest absolute Gasteiger partial charge is 0.385 e. The Morgan fingerprint density at radius 2 is 2.14 bits per heavy atom. The number of hydrogen-bond acceptors (Lipinski definition) is 4. The zero-order valence-electron chi connectivity index (χ0n) is 13.6. The monoisotopic (exact) mass is 292 g/mol. The number of nitrogens with zero attached hydrogens (tertiary/aromatic N) is 2. The van der Waals surface area contributed by atoms with Gasteiger partial charge in [0.05, 0.1) is 11.3 Å². The molecule has 5 nitrogen and oxygen atoms in total. The fourth-order valence-corrected chi connectivity index (χ4v) is 1.96. The van der Waals surface area contributed by atoms with E-state index in [2.05, 4.69) is 41.4 Å². The standard InChI is InChI=1S/C16H28N4O/c1-5-18-15-8-10-17-12-14(15)16(21)19-9-6-7-11-20(4)13(2)3/h8,10,12-13H,5-7,9,11H2,1-4H3,(H,17,18)(H,19,21). The molecule has 118 valence electrons. The minimum atomic E-state index is -0.0590. The quantitative estimate of drug-likeness (QED) is 0.686. The molecule has 1 heterocycles. The number of carbonyl (C=O) groups is 1. The van der Waals surface area contributed by atoms with E-state index in [4.69, 9.17) is 0 Å². The molecule has 0 aliphatic rings. The summed E-state index contributed by atoms with van der Waals surface area (Å²) in [6.45, 7) is 8.92. The first-order chi connectivity index (χ1) is 10.1. The molecule has 0 saturated heterocycles. The molecule has 1 rings (SSSR count).